The Hall–Kier alpha value is -1.03. The molecule has 0 bridgehead atoms. The Kier molecular flexibility index (Phi) is 3.31. The normalized spacial score (nSPS) is 11.5. The molecule has 1 heterocycles. The molecule has 0 aromatic carbocycles. The Balaban J connectivity index is 3.05. The standard InChI is InChI=1S/C9H13NO2S/c1-6-5-13-8(7(6)2)9(11-3)10-12-4/h5H,1-4H3/b10-9-. The molecule has 0 radical (unpaired) electrons. The minimum Gasteiger partial charge on any atom is -0.478 e. The lowest BCUT2D eigenvalue weighted by Gasteiger charge is -2.02. The van der Waals surface area contributed by atoms with Crippen molar-refractivity contribution in [3.8, 4) is 0 Å². The molecule has 0 N–H and O–H groups in total. The van der Waals surface area contributed by atoms with Crippen LogP contribution < -0.4 is 0 Å². The molecule has 1 aromatic heterocycles. The Bertz CT molecular complexity index is 317. The third-order valence-corrected chi connectivity index (χ3v) is 3.04. The molecule has 72 valence electrons. The van der Waals surface area contributed by atoms with Gasteiger partial charge in [0.15, 0.2) is 0 Å². The van der Waals surface area contributed by atoms with E-state index in [2.05, 4.69) is 22.3 Å². The van der Waals surface area contributed by atoms with Crippen molar-refractivity contribution in [3.63, 3.8) is 0 Å². The van der Waals surface area contributed by atoms with Crippen LogP contribution in [0.1, 0.15) is 16.0 Å². The van der Waals surface area contributed by atoms with Crippen molar-refractivity contribution in [3.05, 3.63) is 21.4 Å². The maximum atomic E-state index is 5.11. The van der Waals surface area contributed by atoms with Crippen LogP contribution in [-0.4, -0.2) is 20.1 Å². The van der Waals surface area contributed by atoms with Gasteiger partial charge in [-0.3, -0.25) is 0 Å². The summed E-state index contributed by atoms with van der Waals surface area (Å²) in [6.45, 7) is 4.11. The number of hydrogen-bond acceptors (Lipinski definition) is 4. The summed E-state index contributed by atoms with van der Waals surface area (Å²) in [5, 5.41) is 5.87. The molecule has 0 saturated heterocycles. The zero-order valence-electron chi connectivity index (χ0n) is 8.25. The maximum Gasteiger partial charge on any atom is 0.267 e. The number of ether oxygens (including phenoxy) is 1. The van der Waals surface area contributed by atoms with Gasteiger partial charge in [-0.25, -0.2) is 0 Å². The van der Waals surface area contributed by atoms with Crippen LogP contribution in [0.15, 0.2) is 10.5 Å². The zero-order valence-corrected chi connectivity index (χ0v) is 9.07. The van der Waals surface area contributed by atoms with Gasteiger partial charge in [0.1, 0.15) is 7.11 Å². The predicted molar refractivity (Wildman–Crippen MR) is 54.3 cm³/mol. The summed E-state index contributed by atoms with van der Waals surface area (Å²) < 4.78 is 5.11. The van der Waals surface area contributed by atoms with Crippen molar-refractivity contribution >= 4 is 17.2 Å². The van der Waals surface area contributed by atoms with Crippen molar-refractivity contribution in [1.29, 1.82) is 0 Å². The molecular formula is C9H13NO2S. The van der Waals surface area contributed by atoms with Gasteiger partial charge in [0.2, 0.25) is 0 Å². The van der Waals surface area contributed by atoms with Gasteiger partial charge in [-0.15, -0.1) is 11.3 Å². The molecule has 0 unspecified atom stereocenters. The minimum atomic E-state index is 0.540. The largest absolute Gasteiger partial charge is 0.478 e. The zero-order chi connectivity index (χ0) is 9.84. The van der Waals surface area contributed by atoms with E-state index in [-0.39, 0.29) is 0 Å². The van der Waals surface area contributed by atoms with Crippen LogP contribution in [0.2, 0.25) is 0 Å². The first kappa shape index (κ1) is 10.1. The van der Waals surface area contributed by atoms with Gasteiger partial charge in [-0.2, -0.15) is 0 Å². The second-order valence-corrected chi connectivity index (χ2v) is 3.54. The summed E-state index contributed by atoms with van der Waals surface area (Å²) >= 11 is 1.61. The van der Waals surface area contributed by atoms with Crippen molar-refractivity contribution in [1.82, 2.24) is 0 Å². The number of thiophene rings is 1. The fourth-order valence-electron chi connectivity index (χ4n) is 0.968. The average Bonchev–Trinajstić information content (AvgIpc) is 2.45. The lowest BCUT2D eigenvalue weighted by atomic mass is 10.2. The Morgan fingerprint density at radius 3 is 2.46 bits per heavy atom. The van der Waals surface area contributed by atoms with Crippen molar-refractivity contribution in [2.45, 2.75) is 13.8 Å². The van der Waals surface area contributed by atoms with Crippen LogP contribution in [0.25, 0.3) is 0 Å². The maximum absolute atomic E-state index is 5.11. The smallest absolute Gasteiger partial charge is 0.267 e. The number of methoxy groups -OCH3 is 1. The molecule has 0 saturated carbocycles. The van der Waals surface area contributed by atoms with Crippen LogP contribution in [0.5, 0.6) is 0 Å². The fraction of sp³-hybridized carbons (Fsp3) is 0.444. The summed E-state index contributed by atoms with van der Waals surface area (Å²) in [7, 11) is 3.10. The number of aryl methyl sites for hydroxylation is 1. The number of nitrogens with zero attached hydrogens (tertiary/aromatic N) is 1. The van der Waals surface area contributed by atoms with E-state index >= 15 is 0 Å². The van der Waals surface area contributed by atoms with Crippen molar-refractivity contribution in [2.75, 3.05) is 14.2 Å². The molecule has 13 heavy (non-hydrogen) atoms. The van der Waals surface area contributed by atoms with E-state index in [1.165, 1.54) is 18.2 Å². The molecule has 0 aliphatic heterocycles. The molecule has 0 aliphatic carbocycles. The van der Waals surface area contributed by atoms with Gasteiger partial charge in [0, 0.05) is 0 Å². The van der Waals surface area contributed by atoms with Crippen LogP contribution in [0.3, 0.4) is 0 Å². The second kappa shape index (κ2) is 4.28. The van der Waals surface area contributed by atoms with Gasteiger partial charge in [0.05, 0.1) is 12.0 Å². The molecule has 0 amide bonds. The lowest BCUT2D eigenvalue weighted by molar-refractivity contribution is 0.200. The fourth-order valence-corrected chi connectivity index (χ4v) is 2.00. The first-order valence-corrected chi connectivity index (χ1v) is 4.78. The van der Waals surface area contributed by atoms with Crippen LogP contribution >= 0.6 is 11.3 Å². The SMILES string of the molecule is CO/N=C(\OC)c1scc(C)c1C. The summed E-state index contributed by atoms with van der Waals surface area (Å²) in [5.74, 6) is 0.540. The highest BCUT2D eigenvalue weighted by molar-refractivity contribution is 7.12. The minimum absolute atomic E-state index is 0.540. The molecule has 3 nitrogen and oxygen atoms in total. The summed E-state index contributed by atoms with van der Waals surface area (Å²) in [4.78, 5) is 5.71. The Morgan fingerprint density at radius 1 is 1.38 bits per heavy atom. The van der Waals surface area contributed by atoms with E-state index in [1.807, 2.05) is 6.92 Å². The van der Waals surface area contributed by atoms with Crippen LogP contribution in [0.4, 0.5) is 0 Å². The summed E-state index contributed by atoms with van der Waals surface area (Å²) in [5.41, 5.74) is 2.45. The predicted octanol–water partition coefficient (Wildman–Crippen LogP) is 2.32. The molecule has 1 rings (SSSR count). The highest BCUT2D eigenvalue weighted by Crippen LogP contribution is 2.21. The number of oxime groups is 1. The van der Waals surface area contributed by atoms with E-state index in [4.69, 9.17) is 4.74 Å². The molecule has 0 aliphatic rings. The monoisotopic (exact) mass is 199 g/mol. The first-order valence-electron chi connectivity index (χ1n) is 3.91. The molecular weight excluding hydrogens is 186 g/mol. The third kappa shape index (κ3) is 2.01. The molecule has 0 atom stereocenters. The summed E-state index contributed by atoms with van der Waals surface area (Å²) in [6, 6.07) is 0. The Morgan fingerprint density at radius 2 is 2.08 bits per heavy atom. The van der Waals surface area contributed by atoms with Crippen molar-refractivity contribution < 1.29 is 9.57 Å². The number of rotatable bonds is 2. The summed E-state index contributed by atoms with van der Waals surface area (Å²) in [6.07, 6.45) is 0. The van der Waals surface area contributed by atoms with E-state index in [0.29, 0.717) is 5.90 Å². The molecule has 4 heteroatoms. The van der Waals surface area contributed by atoms with Crippen LogP contribution in [0, 0.1) is 13.8 Å². The van der Waals surface area contributed by atoms with E-state index in [0.717, 1.165) is 4.88 Å². The van der Waals surface area contributed by atoms with Crippen molar-refractivity contribution in [2.24, 2.45) is 5.16 Å². The molecule has 0 fully saturated rings. The Labute approximate surface area is 82.0 Å². The highest BCUT2D eigenvalue weighted by Gasteiger charge is 2.11. The first-order chi connectivity index (χ1) is 6.20. The van der Waals surface area contributed by atoms with Gasteiger partial charge in [-0.1, -0.05) is 0 Å². The molecule has 1 aromatic rings. The highest BCUT2D eigenvalue weighted by atomic mass is 32.1. The van der Waals surface area contributed by atoms with Gasteiger partial charge in [-0.05, 0) is 35.5 Å². The van der Waals surface area contributed by atoms with E-state index in [1.54, 1.807) is 18.4 Å². The third-order valence-electron chi connectivity index (χ3n) is 1.85. The number of hydrogen-bond donors (Lipinski definition) is 0. The van der Waals surface area contributed by atoms with E-state index in [9.17, 15) is 0 Å². The van der Waals surface area contributed by atoms with Gasteiger partial charge >= 0.3 is 0 Å². The van der Waals surface area contributed by atoms with E-state index < -0.39 is 0 Å². The lowest BCUT2D eigenvalue weighted by Crippen LogP contribution is -2.03. The van der Waals surface area contributed by atoms with Gasteiger partial charge < -0.3 is 9.57 Å². The van der Waals surface area contributed by atoms with Crippen LogP contribution in [-0.2, 0) is 9.57 Å². The second-order valence-electron chi connectivity index (χ2n) is 2.66. The quantitative estimate of drug-likeness (QED) is 0.416. The topological polar surface area (TPSA) is 30.8 Å². The van der Waals surface area contributed by atoms with Gasteiger partial charge in [0.25, 0.3) is 5.90 Å². The molecule has 0 spiro atoms. The average molecular weight is 199 g/mol.